The van der Waals surface area contributed by atoms with Crippen LogP contribution >= 0.6 is 0 Å². The molecule has 1 atom stereocenters. The zero-order chi connectivity index (χ0) is 18.2. The largest absolute Gasteiger partial charge is 0.391 e. The normalized spacial score (nSPS) is 22.5. The summed E-state index contributed by atoms with van der Waals surface area (Å²) in [6.45, 7) is 8.68. The van der Waals surface area contributed by atoms with E-state index in [0.717, 1.165) is 32.0 Å². The highest BCUT2D eigenvalue weighted by Gasteiger charge is 2.22. The maximum absolute atomic E-state index is 9.78. The van der Waals surface area contributed by atoms with Crippen LogP contribution < -0.4 is 5.32 Å². The standard InChI is InChI=1S/C21H34N4O/c1-2-22-21(25-13-10-20(26)17-25)23-15-18-8-7-9-19(14-18)16-24-11-5-3-4-6-12-24/h7-9,14,20,26H,2-6,10-13,15-17H2,1H3,(H,22,23)/t20-/m1/s1. The lowest BCUT2D eigenvalue weighted by Crippen LogP contribution is -2.40. The second-order valence-corrected chi connectivity index (χ2v) is 7.57. The van der Waals surface area contributed by atoms with Gasteiger partial charge < -0.3 is 15.3 Å². The monoisotopic (exact) mass is 358 g/mol. The first-order valence-electron chi connectivity index (χ1n) is 10.3. The number of β-amino-alcohol motifs (C(OH)–C–C–N with tert-alkyl or cyclic N) is 1. The summed E-state index contributed by atoms with van der Waals surface area (Å²) in [5.41, 5.74) is 2.65. The molecule has 2 aliphatic rings. The number of hydrogen-bond donors (Lipinski definition) is 2. The van der Waals surface area contributed by atoms with Crippen LogP contribution in [0, 0.1) is 0 Å². The van der Waals surface area contributed by atoms with E-state index in [0.29, 0.717) is 13.1 Å². The number of nitrogens with zero attached hydrogens (tertiary/aromatic N) is 3. The van der Waals surface area contributed by atoms with Crippen LogP contribution in [-0.2, 0) is 13.1 Å². The quantitative estimate of drug-likeness (QED) is 0.627. The molecule has 0 spiro atoms. The van der Waals surface area contributed by atoms with E-state index < -0.39 is 0 Å². The van der Waals surface area contributed by atoms with Gasteiger partial charge in [-0.3, -0.25) is 4.90 Å². The summed E-state index contributed by atoms with van der Waals surface area (Å²) >= 11 is 0. The van der Waals surface area contributed by atoms with E-state index in [2.05, 4.69) is 46.3 Å². The minimum atomic E-state index is -0.226. The topological polar surface area (TPSA) is 51.1 Å². The molecule has 1 aromatic carbocycles. The highest BCUT2D eigenvalue weighted by atomic mass is 16.3. The first kappa shape index (κ1) is 19.2. The fourth-order valence-corrected chi connectivity index (χ4v) is 3.91. The average molecular weight is 359 g/mol. The Labute approximate surface area is 158 Å². The zero-order valence-electron chi connectivity index (χ0n) is 16.2. The van der Waals surface area contributed by atoms with Crippen molar-refractivity contribution < 1.29 is 5.11 Å². The number of nitrogens with one attached hydrogen (secondary N) is 1. The smallest absolute Gasteiger partial charge is 0.194 e. The van der Waals surface area contributed by atoms with Gasteiger partial charge in [-0.25, -0.2) is 4.99 Å². The van der Waals surface area contributed by atoms with Crippen molar-refractivity contribution >= 4 is 5.96 Å². The molecule has 0 aromatic heterocycles. The summed E-state index contributed by atoms with van der Waals surface area (Å²) in [5.74, 6) is 0.918. The Kier molecular flexibility index (Phi) is 7.32. The van der Waals surface area contributed by atoms with Gasteiger partial charge in [-0.05, 0) is 50.4 Å². The van der Waals surface area contributed by atoms with Crippen molar-refractivity contribution in [3.63, 3.8) is 0 Å². The number of guanidine groups is 1. The molecule has 2 N–H and O–H groups in total. The molecule has 0 bridgehead atoms. The van der Waals surface area contributed by atoms with Crippen molar-refractivity contribution in [1.29, 1.82) is 0 Å². The molecule has 0 aliphatic carbocycles. The predicted octanol–water partition coefficient (Wildman–Crippen LogP) is 2.59. The summed E-state index contributed by atoms with van der Waals surface area (Å²) in [4.78, 5) is 9.56. The molecule has 2 fully saturated rings. The number of hydrogen-bond acceptors (Lipinski definition) is 3. The number of benzene rings is 1. The minimum absolute atomic E-state index is 0.226. The molecule has 0 amide bonds. The third kappa shape index (κ3) is 5.71. The van der Waals surface area contributed by atoms with Gasteiger partial charge in [0.05, 0.1) is 12.6 Å². The molecule has 5 nitrogen and oxygen atoms in total. The molecular weight excluding hydrogens is 324 g/mol. The van der Waals surface area contributed by atoms with Gasteiger partial charge in [0.15, 0.2) is 5.96 Å². The highest BCUT2D eigenvalue weighted by molar-refractivity contribution is 5.80. The average Bonchev–Trinajstić information content (AvgIpc) is 2.91. The Balaban J connectivity index is 1.61. The lowest BCUT2D eigenvalue weighted by atomic mass is 10.1. The first-order chi connectivity index (χ1) is 12.7. The Morgan fingerprint density at radius 1 is 1.15 bits per heavy atom. The summed E-state index contributed by atoms with van der Waals surface area (Å²) in [6, 6.07) is 8.86. The second-order valence-electron chi connectivity index (χ2n) is 7.57. The van der Waals surface area contributed by atoms with E-state index >= 15 is 0 Å². The molecular formula is C21H34N4O. The first-order valence-corrected chi connectivity index (χ1v) is 10.3. The maximum atomic E-state index is 9.78. The predicted molar refractivity (Wildman–Crippen MR) is 107 cm³/mol. The third-order valence-corrected chi connectivity index (χ3v) is 5.31. The Hall–Kier alpha value is -1.59. The van der Waals surface area contributed by atoms with Gasteiger partial charge in [-0.1, -0.05) is 37.1 Å². The molecule has 3 rings (SSSR count). The maximum Gasteiger partial charge on any atom is 0.194 e. The zero-order valence-corrected chi connectivity index (χ0v) is 16.2. The molecule has 0 unspecified atom stereocenters. The lowest BCUT2D eigenvalue weighted by Gasteiger charge is -2.21. The van der Waals surface area contributed by atoms with E-state index in [1.807, 2.05) is 0 Å². The van der Waals surface area contributed by atoms with Crippen molar-refractivity contribution in [3.05, 3.63) is 35.4 Å². The summed E-state index contributed by atoms with van der Waals surface area (Å²) in [7, 11) is 0. The van der Waals surface area contributed by atoms with Gasteiger partial charge in [-0.2, -0.15) is 0 Å². The Morgan fingerprint density at radius 2 is 1.92 bits per heavy atom. The van der Waals surface area contributed by atoms with Crippen LogP contribution in [0.3, 0.4) is 0 Å². The van der Waals surface area contributed by atoms with Crippen molar-refractivity contribution in [1.82, 2.24) is 15.1 Å². The van der Waals surface area contributed by atoms with Crippen LogP contribution in [-0.4, -0.2) is 59.7 Å². The SMILES string of the molecule is CCNC(=NCc1cccc(CN2CCCCCC2)c1)N1CC[C@@H](O)C1. The molecule has 0 saturated carbocycles. The van der Waals surface area contributed by atoms with Crippen molar-refractivity contribution in [2.75, 3.05) is 32.7 Å². The molecule has 5 heteroatoms. The Morgan fingerprint density at radius 3 is 2.62 bits per heavy atom. The van der Waals surface area contributed by atoms with Crippen LogP contribution in [0.2, 0.25) is 0 Å². The van der Waals surface area contributed by atoms with Gasteiger partial charge in [0, 0.05) is 26.2 Å². The fraction of sp³-hybridized carbons (Fsp3) is 0.667. The van der Waals surface area contributed by atoms with E-state index in [1.165, 1.54) is 49.9 Å². The minimum Gasteiger partial charge on any atom is -0.391 e. The van der Waals surface area contributed by atoms with Crippen LogP contribution in [0.4, 0.5) is 0 Å². The van der Waals surface area contributed by atoms with Crippen molar-refractivity contribution in [2.24, 2.45) is 4.99 Å². The lowest BCUT2D eigenvalue weighted by molar-refractivity contribution is 0.188. The Bertz CT molecular complexity index is 581. The number of aliphatic hydroxyl groups excluding tert-OH is 1. The number of aliphatic hydroxyl groups is 1. The van der Waals surface area contributed by atoms with Crippen molar-refractivity contribution in [3.8, 4) is 0 Å². The number of rotatable bonds is 5. The van der Waals surface area contributed by atoms with Gasteiger partial charge in [-0.15, -0.1) is 0 Å². The molecule has 26 heavy (non-hydrogen) atoms. The van der Waals surface area contributed by atoms with Gasteiger partial charge in [0.2, 0.25) is 0 Å². The second kappa shape index (κ2) is 9.93. The van der Waals surface area contributed by atoms with E-state index in [-0.39, 0.29) is 6.10 Å². The van der Waals surface area contributed by atoms with Gasteiger partial charge >= 0.3 is 0 Å². The molecule has 144 valence electrons. The highest BCUT2D eigenvalue weighted by Crippen LogP contribution is 2.15. The number of aliphatic imine (C=N–C) groups is 1. The van der Waals surface area contributed by atoms with E-state index in [4.69, 9.17) is 4.99 Å². The molecule has 2 aliphatic heterocycles. The van der Waals surface area contributed by atoms with Crippen LogP contribution in [0.25, 0.3) is 0 Å². The van der Waals surface area contributed by atoms with Gasteiger partial charge in [0.1, 0.15) is 0 Å². The number of likely N-dealkylation sites (tertiary alicyclic amines) is 2. The molecule has 2 saturated heterocycles. The van der Waals surface area contributed by atoms with Gasteiger partial charge in [0.25, 0.3) is 0 Å². The molecule has 2 heterocycles. The van der Waals surface area contributed by atoms with Crippen molar-refractivity contribution in [2.45, 2.75) is 58.2 Å². The van der Waals surface area contributed by atoms with Crippen LogP contribution in [0.5, 0.6) is 0 Å². The molecule has 1 aromatic rings. The van der Waals surface area contributed by atoms with Crippen LogP contribution in [0.1, 0.15) is 50.2 Å². The molecule has 0 radical (unpaired) electrons. The summed E-state index contributed by atoms with van der Waals surface area (Å²) in [6.07, 6.45) is 6.02. The van der Waals surface area contributed by atoms with E-state index in [1.54, 1.807) is 0 Å². The third-order valence-electron chi connectivity index (χ3n) is 5.31. The van der Waals surface area contributed by atoms with Crippen LogP contribution in [0.15, 0.2) is 29.3 Å². The fourth-order valence-electron chi connectivity index (χ4n) is 3.91. The van der Waals surface area contributed by atoms with E-state index in [9.17, 15) is 5.11 Å². The summed E-state index contributed by atoms with van der Waals surface area (Å²) < 4.78 is 0. The summed E-state index contributed by atoms with van der Waals surface area (Å²) in [5, 5.41) is 13.1.